The number of carbonyl (C=O) groups excluding carboxylic acids is 1. The van der Waals surface area contributed by atoms with Gasteiger partial charge in [-0.2, -0.15) is 0 Å². The molecule has 0 atom stereocenters. The van der Waals surface area contributed by atoms with Gasteiger partial charge in [0.05, 0.1) is 6.54 Å². The Kier molecular flexibility index (Phi) is 5.23. The van der Waals surface area contributed by atoms with E-state index in [1.165, 1.54) is 7.05 Å². The molecule has 0 unspecified atom stereocenters. The van der Waals surface area contributed by atoms with Crippen molar-refractivity contribution in [3.8, 4) is 0 Å². The van der Waals surface area contributed by atoms with Crippen molar-refractivity contribution >= 4 is 17.8 Å². The fourth-order valence-electron chi connectivity index (χ4n) is 0.822. The summed E-state index contributed by atoms with van der Waals surface area (Å²) in [7, 11) is 1.51. The van der Waals surface area contributed by atoms with Crippen LogP contribution in [0.5, 0.6) is 0 Å². The van der Waals surface area contributed by atoms with E-state index in [0.717, 1.165) is 4.90 Å². The highest BCUT2D eigenvalue weighted by molar-refractivity contribution is 5.86. The summed E-state index contributed by atoms with van der Waals surface area (Å²) in [4.78, 5) is 32.5. The Bertz CT molecular complexity index is 224. The minimum Gasteiger partial charge on any atom is -0.480 e. The number of hydrogen-bond acceptors (Lipinski definition) is 4. The van der Waals surface area contributed by atoms with E-state index in [1.807, 2.05) is 0 Å². The molecule has 80 valence electrons. The molecule has 1 amide bonds. The average molecular weight is 204 g/mol. The summed E-state index contributed by atoms with van der Waals surface area (Å²) in [6.07, 6.45) is 0. The number of nitrogens with zero attached hydrogens (tertiary/aromatic N) is 1. The van der Waals surface area contributed by atoms with Gasteiger partial charge in [-0.25, -0.2) is 0 Å². The minimum atomic E-state index is -1.24. The Hall–Kier alpha value is -1.63. The highest BCUT2D eigenvalue weighted by Crippen LogP contribution is 1.89. The van der Waals surface area contributed by atoms with Crippen molar-refractivity contribution in [2.45, 2.75) is 0 Å². The molecule has 7 nitrogen and oxygen atoms in total. The molecule has 0 spiro atoms. The molecule has 0 fully saturated rings. The van der Waals surface area contributed by atoms with Gasteiger partial charge in [0.1, 0.15) is 13.1 Å². The second-order valence-electron chi connectivity index (χ2n) is 2.57. The Morgan fingerprint density at radius 1 is 1.14 bits per heavy atom. The molecule has 0 aliphatic carbocycles. The molecule has 0 heterocycles. The van der Waals surface area contributed by atoms with Crippen molar-refractivity contribution in [3.05, 3.63) is 0 Å². The second kappa shape index (κ2) is 5.92. The largest absolute Gasteiger partial charge is 0.480 e. The normalized spacial score (nSPS) is 9.50. The number of carbonyl (C=O) groups is 3. The number of hydrogen-bond donors (Lipinski definition) is 3. The Morgan fingerprint density at radius 3 is 1.86 bits per heavy atom. The van der Waals surface area contributed by atoms with Gasteiger partial charge < -0.3 is 20.4 Å². The highest BCUT2D eigenvalue weighted by atomic mass is 16.4. The fraction of sp³-hybridized carbons (Fsp3) is 0.571. The van der Waals surface area contributed by atoms with E-state index in [2.05, 4.69) is 5.32 Å². The summed E-state index contributed by atoms with van der Waals surface area (Å²) in [5.41, 5.74) is 0. The van der Waals surface area contributed by atoms with Crippen LogP contribution in [0.1, 0.15) is 0 Å². The average Bonchev–Trinajstić information content (AvgIpc) is 2.01. The molecule has 0 saturated heterocycles. The topological polar surface area (TPSA) is 107 Å². The second-order valence-corrected chi connectivity index (χ2v) is 2.57. The van der Waals surface area contributed by atoms with E-state index in [9.17, 15) is 14.4 Å². The van der Waals surface area contributed by atoms with Gasteiger partial charge >= 0.3 is 11.9 Å². The maximum atomic E-state index is 11.2. The molecule has 0 aromatic carbocycles. The standard InChI is InChI=1S/C7H12N2O5/c1-8-2-5(10)9(3-6(11)12)4-7(13)14/h8H,2-4H2,1H3,(H,11,12)(H,13,14). The quantitative estimate of drug-likeness (QED) is 0.471. The van der Waals surface area contributed by atoms with Crippen molar-refractivity contribution in [1.29, 1.82) is 0 Å². The van der Waals surface area contributed by atoms with Gasteiger partial charge in [-0.15, -0.1) is 0 Å². The van der Waals surface area contributed by atoms with Gasteiger partial charge in [-0.1, -0.05) is 0 Å². The van der Waals surface area contributed by atoms with Crippen LogP contribution in [0.25, 0.3) is 0 Å². The Morgan fingerprint density at radius 2 is 1.57 bits per heavy atom. The molecule has 0 aliphatic rings. The molecule has 0 aromatic rings. The lowest BCUT2D eigenvalue weighted by Crippen LogP contribution is -2.43. The van der Waals surface area contributed by atoms with Crippen LogP contribution >= 0.6 is 0 Å². The summed E-state index contributed by atoms with van der Waals surface area (Å²) in [6.45, 7) is -1.29. The zero-order valence-electron chi connectivity index (χ0n) is 7.69. The number of rotatable bonds is 6. The lowest BCUT2D eigenvalue weighted by molar-refractivity contribution is -0.148. The Balaban J connectivity index is 4.29. The van der Waals surface area contributed by atoms with Crippen molar-refractivity contribution in [1.82, 2.24) is 10.2 Å². The molecular weight excluding hydrogens is 192 g/mol. The van der Waals surface area contributed by atoms with Crippen molar-refractivity contribution < 1.29 is 24.6 Å². The summed E-state index contributed by atoms with van der Waals surface area (Å²) in [5.74, 6) is -3.04. The third-order valence-corrected chi connectivity index (χ3v) is 1.33. The monoisotopic (exact) mass is 204 g/mol. The minimum absolute atomic E-state index is 0.0828. The molecule has 0 aromatic heterocycles. The number of aliphatic carboxylic acids is 2. The third-order valence-electron chi connectivity index (χ3n) is 1.33. The van der Waals surface area contributed by atoms with Crippen LogP contribution in [-0.2, 0) is 14.4 Å². The van der Waals surface area contributed by atoms with Crippen molar-refractivity contribution in [3.63, 3.8) is 0 Å². The predicted octanol–water partition coefficient (Wildman–Crippen LogP) is -1.80. The molecule has 14 heavy (non-hydrogen) atoms. The molecule has 7 heteroatoms. The van der Waals surface area contributed by atoms with Crippen molar-refractivity contribution in [2.75, 3.05) is 26.7 Å². The van der Waals surface area contributed by atoms with Crippen LogP contribution < -0.4 is 5.32 Å². The summed E-state index contributed by atoms with van der Waals surface area (Å²) in [6, 6.07) is 0. The van der Waals surface area contributed by atoms with Gasteiger partial charge in [0.15, 0.2) is 0 Å². The predicted molar refractivity (Wildman–Crippen MR) is 45.8 cm³/mol. The van der Waals surface area contributed by atoms with E-state index in [4.69, 9.17) is 10.2 Å². The van der Waals surface area contributed by atoms with Gasteiger partial charge in [0.2, 0.25) is 5.91 Å². The van der Waals surface area contributed by atoms with E-state index in [-0.39, 0.29) is 6.54 Å². The van der Waals surface area contributed by atoms with Crippen molar-refractivity contribution in [2.24, 2.45) is 0 Å². The zero-order valence-corrected chi connectivity index (χ0v) is 7.69. The SMILES string of the molecule is CNCC(=O)N(CC(=O)O)CC(=O)O. The number of carboxylic acids is 2. The molecule has 0 aliphatic heterocycles. The zero-order chi connectivity index (χ0) is 11.1. The van der Waals surface area contributed by atoms with Crippen LogP contribution in [0.15, 0.2) is 0 Å². The molecule has 3 N–H and O–H groups in total. The van der Waals surface area contributed by atoms with Crippen LogP contribution in [0, 0.1) is 0 Å². The smallest absolute Gasteiger partial charge is 0.323 e. The Labute approximate surface area is 80.3 Å². The summed E-state index contributed by atoms with van der Waals surface area (Å²) in [5, 5.41) is 19.3. The molecule has 0 radical (unpaired) electrons. The first-order valence-corrected chi connectivity index (χ1v) is 3.83. The molecule has 0 saturated carbocycles. The highest BCUT2D eigenvalue weighted by Gasteiger charge is 2.18. The molecule has 0 rings (SSSR count). The van der Waals surface area contributed by atoms with E-state index < -0.39 is 30.9 Å². The maximum absolute atomic E-state index is 11.2. The summed E-state index contributed by atoms with van der Waals surface area (Å²) < 4.78 is 0. The number of carboxylic acid groups (broad SMARTS) is 2. The number of likely N-dealkylation sites (N-methyl/N-ethyl adjacent to an activating group) is 1. The maximum Gasteiger partial charge on any atom is 0.323 e. The van der Waals surface area contributed by atoms with Gasteiger partial charge in [-0.3, -0.25) is 14.4 Å². The van der Waals surface area contributed by atoms with E-state index >= 15 is 0 Å². The summed E-state index contributed by atoms with van der Waals surface area (Å²) >= 11 is 0. The molecular formula is C7H12N2O5. The van der Waals surface area contributed by atoms with Crippen LogP contribution in [0.3, 0.4) is 0 Å². The number of nitrogens with one attached hydrogen (secondary N) is 1. The fourth-order valence-corrected chi connectivity index (χ4v) is 0.822. The number of amides is 1. The van der Waals surface area contributed by atoms with Gasteiger partial charge in [-0.05, 0) is 7.05 Å². The van der Waals surface area contributed by atoms with Gasteiger partial charge in [0.25, 0.3) is 0 Å². The first-order valence-electron chi connectivity index (χ1n) is 3.83. The third kappa shape index (κ3) is 5.09. The lowest BCUT2D eigenvalue weighted by Gasteiger charge is -2.17. The van der Waals surface area contributed by atoms with Crippen LogP contribution in [-0.4, -0.2) is 59.6 Å². The first kappa shape index (κ1) is 12.4. The van der Waals surface area contributed by atoms with Gasteiger partial charge in [0, 0.05) is 0 Å². The lowest BCUT2D eigenvalue weighted by atomic mass is 10.4. The first-order chi connectivity index (χ1) is 6.47. The van der Waals surface area contributed by atoms with Crippen LogP contribution in [0.4, 0.5) is 0 Å². The molecule has 0 bridgehead atoms. The van der Waals surface area contributed by atoms with E-state index in [1.54, 1.807) is 0 Å². The van der Waals surface area contributed by atoms with Crippen LogP contribution in [0.2, 0.25) is 0 Å². The van der Waals surface area contributed by atoms with E-state index in [0.29, 0.717) is 0 Å².